The molecule has 0 spiro atoms. The summed E-state index contributed by atoms with van der Waals surface area (Å²) in [6, 6.07) is 22.1. The largest absolute Gasteiger partial charge is 0.573 e. The van der Waals surface area contributed by atoms with Gasteiger partial charge in [0.1, 0.15) is 11.8 Å². The number of benzene rings is 3. The molecular formula is C26H20F3N3O3. The third kappa shape index (κ3) is 4.75. The number of carbonyl (C=O) groups excluding carboxylic acids is 1. The van der Waals surface area contributed by atoms with Crippen LogP contribution >= 0.6 is 0 Å². The second-order valence-corrected chi connectivity index (χ2v) is 8.07. The first-order valence-electron chi connectivity index (χ1n) is 11.0. The molecule has 0 aliphatic carbocycles. The number of likely N-dealkylation sites (tertiary alicyclic amines) is 1. The number of amides is 1. The van der Waals surface area contributed by atoms with Gasteiger partial charge in [-0.05, 0) is 42.2 Å². The van der Waals surface area contributed by atoms with Gasteiger partial charge in [0, 0.05) is 12.1 Å². The van der Waals surface area contributed by atoms with Crippen molar-refractivity contribution in [2.24, 2.45) is 0 Å². The fourth-order valence-electron chi connectivity index (χ4n) is 4.31. The molecule has 4 aromatic rings. The summed E-state index contributed by atoms with van der Waals surface area (Å²) in [7, 11) is 0. The summed E-state index contributed by atoms with van der Waals surface area (Å²) in [5, 5.41) is 3.88. The highest BCUT2D eigenvalue weighted by atomic mass is 19.4. The van der Waals surface area contributed by atoms with Crippen LogP contribution in [0.25, 0.3) is 22.5 Å². The standard InChI is InChI=1S/C26H20F3N3O3/c27-26(28,29)34-22-15-7-6-13-20(22)23-30-24(35-31-23)21-14-8-16-32(21)25(33)19-12-5-4-11-18(19)17-9-2-1-3-10-17/h1-7,9-13,15,21H,8,14,16H2. The van der Waals surface area contributed by atoms with E-state index in [2.05, 4.69) is 14.9 Å². The second-order valence-electron chi connectivity index (χ2n) is 8.07. The van der Waals surface area contributed by atoms with E-state index in [9.17, 15) is 18.0 Å². The van der Waals surface area contributed by atoms with Gasteiger partial charge in [-0.2, -0.15) is 4.98 Å². The molecule has 5 rings (SSSR count). The second kappa shape index (κ2) is 9.25. The monoisotopic (exact) mass is 479 g/mol. The highest BCUT2D eigenvalue weighted by molar-refractivity contribution is 6.01. The number of alkyl halides is 3. The van der Waals surface area contributed by atoms with Gasteiger partial charge in [-0.1, -0.05) is 65.8 Å². The Morgan fingerprint density at radius 1 is 0.943 bits per heavy atom. The molecule has 1 atom stereocenters. The number of carbonyl (C=O) groups is 1. The molecule has 1 saturated heterocycles. The van der Waals surface area contributed by atoms with Gasteiger partial charge in [-0.3, -0.25) is 4.79 Å². The third-order valence-corrected chi connectivity index (χ3v) is 5.84. The molecule has 0 radical (unpaired) electrons. The number of para-hydroxylation sites is 1. The van der Waals surface area contributed by atoms with Crippen molar-refractivity contribution in [2.75, 3.05) is 6.54 Å². The Hall–Kier alpha value is -4.14. The highest BCUT2D eigenvalue weighted by Gasteiger charge is 2.36. The quantitative estimate of drug-likeness (QED) is 0.337. The molecule has 1 amide bonds. The summed E-state index contributed by atoms with van der Waals surface area (Å²) in [4.78, 5) is 19.6. The Labute approximate surface area is 199 Å². The molecule has 1 aliphatic heterocycles. The third-order valence-electron chi connectivity index (χ3n) is 5.84. The minimum absolute atomic E-state index is 0.0381. The Morgan fingerprint density at radius 3 is 2.40 bits per heavy atom. The average Bonchev–Trinajstić information content (AvgIpc) is 3.53. The molecule has 0 N–H and O–H groups in total. The van der Waals surface area contributed by atoms with Crippen molar-refractivity contribution in [2.45, 2.75) is 25.2 Å². The lowest BCUT2D eigenvalue weighted by molar-refractivity contribution is -0.274. The summed E-state index contributed by atoms with van der Waals surface area (Å²) >= 11 is 0. The van der Waals surface area contributed by atoms with Crippen molar-refractivity contribution in [3.05, 3.63) is 90.3 Å². The van der Waals surface area contributed by atoms with E-state index in [1.165, 1.54) is 18.2 Å². The molecule has 1 fully saturated rings. The van der Waals surface area contributed by atoms with E-state index < -0.39 is 18.2 Å². The van der Waals surface area contributed by atoms with Crippen molar-refractivity contribution in [1.82, 2.24) is 15.0 Å². The van der Waals surface area contributed by atoms with Gasteiger partial charge in [-0.25, -0.2) is 0 Å². The maximum atomic E-state index is 13.6. The predicted molar refractivity (Wildman–Crippen MR) is 121 cm³/mol. The number of halogens is 3. The number of aromatic nitrogens is 2. The van der Waals surface area contributed by atoms with Gasteiger partial charge in [0.25, 0.3) is 5.91 Å². The molecule has 9 heteroatoms. The van der Waals surface area contributed by atoms with Gasteiger partial charge < -0.3 is 14.2 Å². The van der Waals surface area contributed by atoms with Gasteiger partial charge >= 0.3 is 6.36 Å². The maximum Gasteiger partial charge on any atom is 0.573 e. The van der Waals surface area contributed by atoms with E-state index in [0.717, 1.165) is 17.5 Å². The number of ether oxygens (including phenoxy) is 1. The molecule has 1 aromatic heterocycles. The normalized spacial score (nSPS) is 15.9. The van der Waals surface area contributed by atoms with Crippen molar-refractivity contribution in [3.63, 3.8) is 0 Å². The van der Waals surface area contributed by atoms with Crippen LogP contribution in [-0.4, -0.2) is 33.9 Å². The van der Waals surface area contributed by atoms with Crippen LogP contribution in [0.5, 0.6) is 5.75 Å². The average molecular weight is 479 g/mol. The van der Waals surface area contributed by atoms with E-state index in [-0.39, 0.29) is 23.2 Å². The first-order chi connectivity index (χ1) is 16.9. The summed E-state index contributed by atoms with van der Waals surface area (Å²) in [5.41, 5.74) is 2.33. The molecule has 6 nitrogen and oxygen atoms in total. The van der Waals surface area contributed by atoms with Crippen LogP contribution in [0.1, 0.15) is 35.1 Å². The Balaban J connectivity index is 1.44. The number of rotatable bonds is 5. The Kier molecular flexibility index (Phi) is 5.98. The number of hydrogen-bond acceptors (Lipinski definition) is 5. The maximum absolute atomic E-state index is 13.6. The fraction of sp³-hybridized carbons (Fsp3) is 0.192. The smallest absolute Gasteiger partial charge is 0.405 e. The first-order valence-corrected chi connectivity index (χ1v) is 11.0. The summed E-state index contributed by atoms with van der Waals surface area (Å²) in [6.07, 6.45) is -3.53. The summed E-state index contributed by atoms with van der Waals surface area (Å²) in [6.45, 7) is 0.498. The van der Waals surface area contributed by atoms with Crippen molar-refractivity contribution >= 4 is 5.91 Å². The SMILES string of the molecule is O=C(c1ccccc1-c1ccccc1)N1CCCC1c1nc(-c2ccccc2OC(F)(F)F)no1. The molecule has 0 saturated carbocycles. The molecule has 178 valence electrons. The van der Waals surface area contributed by atoms with E-state index >= 15 is 0 Å². The molecule has 3 aromatic carbocycles. The molecular weight excluding hydrogens is 459 g/mol. The van der Waals surface area contributed by atoms with Crippen molar-refractivity contribution < 1.29 is 27.2 Å². The zero-order chi connectivity index (χ0) is 24.4. The van der Waals surface area contributed by atoms with Gasteiger partial charge in [0.15, 0.2) is 0 Å². The minimum atomic E-state index is -4.86. The van der Waals surface area contributed by atoms with E-state index in [1.54, 1.807) is 17.0 Å². The van der Waals surface area contributed by atoms with Crippen molar-refractivity contribution in [1.29, 1.82) is 0 Å². The Morgan fingerprint density at radius 2 is 1.63 bits per heavy atom. The first kappa shape index (κ1) is 22.6. The lowest BCUT2D eigenvalue weighted by Crippen LogP contribution is -2.31. The molecule has 0 bridgehead atoms. The molecule has 35 heavy (non-hydrogen) atoms. The van der Waals surface area contributed by atoms with Gasteiger partial charge in [-0.15, -0.1) is 13.2 Å². The number of nitrogens with zero attached hydrogens (tertiary/aromatic N) is 3. The minimum Gasteiger partial charge on any atom is -0.405 e. The molecule has 1 unspecified atom stereocenters. The Bertz CT molecular complexity index is 1340. The highest BCUT2D eigenvalue weighted by Crippen LogP contribution is 2.37. The van der Waals surface area contributed by atoms with Crippen LogP contribution in [0, 0.1) is 0 Å². The van der Waals surface area contributed by atoms with Crippen LogP contribution in [0.3, 0.4) is 0 Å². The van der Waals surface area contributed by atoms with Crippen molar-refractivity contribution in [3.8, 4) is 28.3 Å². The van der Waals surface area contributed by atoms with Crippen LogP contribution < -0.4 is 4.74 Å². The topological polar surface area (TPSA) is 68.5 Å². The van der Waals surface area contributed by atoms with Crippen LogP contribution in [0.2, 0.25) is 0 Å². The fourth-order valence-corrected chi connectivity index (χ4v) is 4.31. The molecule has 1 aliphatic rings. The van der Waals surface area contributed by atoms with E-state index in [1.807, 2.05) is 48.5 Å². The molecule has 2 heterocycles. The van der Waals surface area contributed by atoms with E-state index in [0.29, 0.717) is 18.5 Å². The van der Waals surface area contributed by atoms with Crippen LogP contribution in [0.15, 0.2) is 83.4 Å². The van der Waals surface area contributed by atoms with E-state index in [4.69, 9.17) is 4.52 Å². The van der Waals surface area contributed by atoms with Gasteiger partial charge in [0.2, 0.25) is 11.7 Å². The summed E-state index contributed by atoms with van der Waals surface area (Å²) in [5.74, 6) is -0.468. The van der Waals surface area contributed by atoms with Crippen LogP contribution in [-0.2, 0) is 0 Å². The van der Waals surface area contributed by atoms with Gasteiger partial charge in [0.05, 0.1) is 5.56 Å². The zero-order valence-corrected chi connectivity index (χ0v) is 18.4. The summed E-state index contributed by atoms with van der Waals surface area (Å²) < 4.78 is 48.0. The lowest BCUT2D eigenvalue weighted by Gasteiger charge is -2.23. The zero-order valence-electron chi connectivity index (χ0n) is 18.4. The number of hydrogen-bond donors (Lipinski definition) is 0. The lowest BCUT2D eigenvalue weighted by atomic mass is 9.98. The van der Waals surface area contributed by atoms with Crippen LogP contribution in [0.4, 0.5) is 13.2 Å². The predicted octanol–water partition coefficient (Wildman–Crippen LogP) is 6.28.